The molecular formula is C19H25NO3. The molecule has 0 amide bonds. The van der Waals surface area contributed by atoms with Gasteiger partial charge in [-0.1, -0.05) is 26.0 Å². The Labute approximate surface area is 137 Å². The molecule has 0 aromatic heterocycles. The fourth-order valence-corrected chi connectivity index (χ4v) is 2.25. The molecule has 2 aromatic carbocycles. The summed E-state index contributed by atoms with van der Waals surface area (Å²) in [6.07, 6.45) is -1.04. The Bertz CT molecular complexity index is 591. The van der Waals surface area contributed by atoms with E-state index in [0.29, 0.717) is 5.92 Å². The zero-order valence-electron chi connectivity index (χ0n) is 13.9. The van der Waals surface area contributed by atoms with Crippen LogP contribution in [-0.2, 0) is 0 Å². The third-order valence-corrected chi connectivity index (χ3v) is 3.53. The maximum atomic E-state index is 9.75. The Balaban J connectivity index is 1.94. The summed E-state index contributed by atoms with van der Waals surface area (Å²) >= 11 is 0. The minimum absolute atomic E-state index is 0.278. The van der Waals surface area contributed by atoms with Crippen LogP contribution < -0.4 is 10.1 Å². The molecule has 0 spiro atoms. The molecule has 2 atom stereocenters. The first-order chi connectivity index (χ1) is 10.9. The van der Waals surface area contributed by atoms with Crippen LogP contribution in [0.5, 0.6) is 11.5 Å². The van der Waals surface area contributed by atoms with Crippen molar-refractivity contribution in [3.63, 3.8) is 0 Å². The van der Waals surface area contributed by atoms with Crippen molar-refractivity contribution >= 4 is 5.69 Å². The molecule has 0 aliphatic heterocycles. The van der Waals surface area contributed by atoms with Crippen molar-refractivity contribution in [3.05, 3.63) is 54.1 Å². The van der Waals surface area contributed by atoms with Crippen molar-refractivity contribution in [3.8, 4) is 11.5 Å². The molecule has 0 saturated heterocycles. The summed E-state index contributed by atoms with van der Waals surface area (Å²) < 4.78 is 5.81. The highest BCUT2D eigenvalue weighted by Gasteiger charge is 2.07. The monoisotopic (exact) mass is 315 g/mol. The molecule has 2 rings (SSSR count). The van der Waals surface area contributed by atoms with Crippen molar-refractivity contribution in [1.82, 2.24) is 0 Å². The first-order valence-corrected chi connectivity index (χ1v) is 7.94. The van der Waals surface area contributed by atoms with E-state index in [1.165, 1.54) is 5.56 Å². The summed E-state index contributed by atoms with van der Waals surface area (Å²) in [5.41, 5.74) is 2.06. The van der Waals surface area contributed by atoms with Crippen LogP contribution in [0.25, 0.3) is 0 Å². The van der Waals surface area contributed by atoms with E-state index in [9.17, 15) is 10.2 Å². The average molecular weight is 315 g/mol. The summed E-state index contributed by atoms with van der Waals surface area (Å²) in [5.74, 6) is 2.03. The number of benzene rings is 2. The maximum absolute atomic E-state index is 9.75. The largest absolute Gasteiger partial charge is 0.457 e. The van der Waals surface area contributed by atoms with Crippen LogP contribution in [0.2, 0.25) is 0 Å². The second-order valence-electron chi connectivity index (χ2n) is 6.10. The van der Waals surface area contributed by atoms with Gasteiger partial charge in [-0.25, -0.2) is 0 Å². The lowest BCUT2D eigenvalue weighted by atomic mass is 10.0. The predicted molar refractivity (Wildman–Crippen MR) is 93.0 cm³/mol. The van der Waals surface area contributed by atoms with E-state index in [1.54, 1.807) is 6.92 Å². The minimum Gasteiger partial charge on any atom is -0.457 e. The molecule has 0 fully saturated rings. The Hall–Kier alpha value is -2.04. The van der Waals surface area contributed by atoms with Crippen molar-refractivity contribution in [2.45, 2.75) is 45.4 Å². The molecule has 4 heteroatoms. The zero-order chi connectivity index (χ0) is 16.8. The fraction of sp³-hybridized carbons (Fsp3) is 0.368. The van der Waals surface area contributed by atoms with E-state index < -0.39 is 12.3 Å². The van der Waals surface area contributed by atoms with Gasteiger partial charge in [-0.15, -0.1) is 0 Å². The Kier molecular flexibility index (Phi) is 6.02. The van der Waals surface area contributed by atoms with Crippen LogP contribution in [0.15, 0.2) is 48.5 Å². The second-order valence-corrected chi connectivity index (χ2v) is 6.10. The standard InChI is InChI=1S/C19H25NO3/c1-13(2)15-4-8-17(9-5-15)23-18-10-6-16(7-11-18)20-19(22)12-14(3)21/h4-11,13-14,19-22H,12H2,1-3H3. The van der Waals surface area contributed by atoms with Gasteiger partial charge in [0.2, 0.25) is 0 Å². The van der Waals surface area contributed by atoms with Gasteiger partial charge in [-0.3, -0.25) is 0 Å². The second kappa shape index (κ2) is 7.99. The van der Waals surface area contributed by atoms with Crippen molar-refractivity contribution in [2.24, 2.45) is 0 Å². The average Bonchev–Trinajstić information content (AvgIpc) is 2.49. The van der Waals surface area contributed by atoms with E-state index in [2.05, 4.69) is 31.3 Å². The number of aliphatic hydroxyl groups excluding tert-OH is 2. The van der Waals surface area contributed by atoms with Crippen molar-refractivity contribution < 1.29 is 14.9 Å². The maximum Gasteiger partial charge on any atom is 0.127 e. The van der Waals surface area contributed by atoms with Gasteiger partial charge in [-0.2, -0.15) is 0 Å². The molecule has 0 aliphatic rings. The highest BCUT2D eigenvalue weighted by molar-refractivity contribution is 5.47. The lowest BCUT2D eigenvalue weighted by Gasteiger charge is -2.16. The Morgan fingerprint density at radius 2 is 1.39 bits per heavy atom. The number of nitrogens with one attached hydrogen (secondary N) is 1. The number of hydrogen-bond donors (Lipinski definition) is 3. The SMILES string of the molecule is CC(O)CC(O)Nc1ccc(Oc2ccc(C(C)C)cc2)cc1. The lowest BCUT2D eigenvalue weighted by Crippen LogP contribution is -2.23. The quantitative estimate of drug-likeness (QED) is 0.673. The van der Waals surface area contributed by atoms with Gasteiger partial charge in [0.15, 0.2) is 0 Å². The summed E-state index contributed by atoms with van der Waals surface area (Å²) in [4.78, 5) is 0. The Morgan fingerprint density at radius 1 is 0.870 bits per heavy atom. The molecule has 0 heterocycles. The lowest BCUT2D eigenvalue weighted by molar-refractivity contribution is 0.106. The van der Waals surface area contributed by atoms with E-state index in [4.69, 9.17) is 4.74 Å². The van der Waals surface area contributed by atoms with Crippen LogP contribution >= 0.6 is 0 Å². The van der Waals surface area contributed by atoms with Crippen LogP contribution in [0, 0.1) is 0 Å². The first-order valence-electron chi connectivity index (χ1n) is 7.94. The van der Waals surface area contributed by atoms with E-state index >= 15 is 0 Å². The zero-order valence-corrected chi connectivity index (χ0v) is 13.9. The fourth-order valence-electron chi connectivity index (χ4n) is 2.25. The van der Waals surface area contributed by atoms with Gasteiger partial charge in [0, 0.05) is 12.1 Å². The summed E-state index contributed by atoms with van der Waals surface area (Å²) in [5, 5.41) is 21.9. The van der Waals surface area contributed by atoms with Gasteiger partial charge in [0.1, 0.15) is 17.7 Å². The summed E-state index contributed by atoms with van der Waals surface area (Å²) in [6, 6.07) is 15.4. The minimum atomic E-state index is -0.773. The molecule has 0 radical (unpaired) electrons. The number of ether oxygens (including phenoxy) is 1. The Morgan fingerprint density at radius 3 is 1.87 bits per heavy atom. The van der Waals surface area contributed by atoms with Crippen molar-refractivity contribution in [2.75, 3.05) is 5.32 Å². The van der Waals surface area contributed by atoms with Crippen LogP contribution in [0.1, 0.15) is 38.7 Å². The molecule has 0 aliphatic carbocycles. The third kappa shape index (κ3) is 5.58. The first kappa shape index (κ1) is 17.3. The number of aliphatic hydroxyl groups is 2. The smallest absolute Gasteiger partial charge is 0.127 e. The third-order valence-electron chi connectivity index (χ3n) is 3.53. The van der Waals surface area contributed by atoms with Crippen LogP contribution in [0.4, 0.5) is 5.69 Å². The molecule has 124 valence electrons. The molecule has 4 nitrogen and oxygen atoms in total. The normalized spacial score (nSPS) is 13.7. The van der Waals surface area contributed by atoms with Gasteiger partial charge in [0.25, 0.3) is 0 Å². The molecule has 2 aromatic rings. The van der Waals surface area contributed by atoms with Gasteiger partial charge in [-0.05, 0) is 54.8 Å². The molecule has 0 saturated carbocycles. The molecule has 23 heavy (non-hydrogen) atoms. The number of rotatable bonds is 7. The van der Waals surface area contributed by atoms with Crippen molar-refractivity contribution in [1.29, 1.82) is 0 Å². The molecular weight excluding hydrogens is 290 g/mol. The van der Waals surface area contributed by atoms with Gasteiger partial charge >= 0.3 is 0 Å². The highest BCUT2D eigenvalue weighted by Crippen LogP contribution is 2.25. The number of anilines is 1. The topological polar surface area (TPSA) is 61.7 Å². The predicted octanol–water partition coefficient (Wildman–Crippen LogP) is 4.10. The van der Waals surface area contributed by atoms with Crippen LogP contribution in [-0.4, -0.2) is 22.5 Å². The van der Waals surface area contributed by atoms with E-state index in [-0.39, 0.29) is 6.42 Å². The van der Waals surface area contributed by atoms with E-state index in [1.807, 2.05) is 36.4 Å². The van der Waals surface area contributed by atoms with Gasteiger partial charge < -0.3 is 20.3 Å². The molecule has 0 bridgehead atoms. The van der Waals surface area contributed by atoms with E-state index in [0.717, 1.165) is 17.2 Å². The summed E-state index contributed by atoms with van der Waals surface area (Å²) in [6.45, 7) is 5.97. The highest BCUT2D eigenvalue weighted by atomic mass is 16.5. The molecule has 3 N–H and O–H groups in total. The van der Waals surface area contributed by atoms with Gasteiger partial charge in [0.05, 0.1) is 6.10 Å². The molecule has 2 unspecified atom stereocenters. The summed E-state index contributed by atoms with van der Waals surface area (Å²) in [7, 11) is 0. The number of hydrogen-bond acceptors (Lipinski definition) is 4. The van der Waals surface area contributed by atoms with Crippen LogP contribution in [0.3, 0.4) is 0 Å².